The first-order chi connectivity index (χ1) is 7.66. The van der Waals surface area contributed by atoms with E-state index in [0.717, 1.165) is 32.2 Å². The minimum atomic E-state index is 0.443. The van der Waals surface area contributed by atoms with Crippen LogP contribution in [0.15, 0.2) is 0 Å². The summed E-state index contributed by atoms with van der Waals surface area (Å²) >= 11 is 0. The van der Waals surface area contributed by atoms with Crippen molar-refractivity contribution in [1.82, 2.24) is 0 Å². The van der Waals surface area contributed by atoms with Crippen LogP contribution in [0.1, 0.15) is 71.6 Å². The zero-order valence-corrected chi connectivity index (χ0v) is 11.1. The van der Waals surface area contributed by atoms with Gasteiger partial charge < -0.3 is 5.73 Å². The van der Waals surface area contributed by atoms with Crippen molar-refractivity contribution >= 4 is 5.78 Å². The second-order valence-corrected chi connectivity index (χ2v) is 5.15. The Bertz CT molecular complexity index is 166. The van der Waals surface area contributed by atoms with E-state index in [0.29, 0.717) is 11.7 Å². The SMILES string of the molecule is CC(C)CC(=O)CCCCCCCCCN. The monoisotopic (exact) mass is 227 g/mol. The third kappa shape index (κ3) is 11.7. The number of hydrogen-bond acceptors (Lipinski definition) is 2. The number of rotatable bonds is 11. The van der Waals surface area contributed by atoms with Crippen LogP contribution in [0.5, 0.6) is 0 Å². The summed E-state index contributed by atoms with van der Waals surface area (Å²) in [5.41, 5.74) is 5.43. The van der Waals surface area contributed by atoms with Crippen LogP contribution in [-0.4, -0.2) is 12.3 Å². The second kappa shape index (κ2) is 11.1. The fourth-order valence-electron chi connectivity index (χ4n) is 1.91. The maximum absolute atomic E-state index is 11.4. The maximum atomic E-state index is 11.4. The fourth-order valence-corrected chi connectivity index (χ4v) is 1.91. The molecule has 16 heavy (non-hydrogen) atoms. The second-order valence-electron chi connectivity index (χ2n) is 5.15. The van der Waals surface area contributed by atoms with Gasteiger partial charge in [-0.25, -0.2) is 0 Å². The number of hydrogen-bond donors (Lipinski definition) is 1. The average Bonchev–Trinajstić information content (AvgIpc) is 2.21. The Morgan fingerprint density at radius 2 is 1.44 bits per heavy atom. The van der Waals surface area contributed by atoms with Gasteiger partial charge in [-0.3, -0.25) is 4.79 Å². The van der Waals surface area contributed by atoms with Crippen LogP contribution in [-0.2, 0) is 4.79 Å². The van der Waals surface area contributed by atoms with Crippen LogP contribution in [0.25, 0.3) is 0 Å². The van der Waals surface area contributed by atoms with Crippen LogP contribution < -0.4 is 5.73 Å². The lowest BCUT2D eigenvalue weighted by molar-refractivity contribution is -0.119. The third-order valence-corrected chi connectivity index (χ3v) is 2.80. The molecule has 0 saturated heterocycles. The van der Waals surface area contributed by atoms with Crippen LogP contribution in [0.3, 0.4) is 0 Å². The Kier molecular flexibility index (Phi) is 10.9. The number of carbonyl (C=O) groups is 1. The first-order valence-corrected chi connectivity index (χ1v) is 6.88. The van der Waals surface area contributed by atoms with Gasteiger partial charge in [-0.2, -0.15) is 0 Å². The van der Waals surface area contributed by atoms with E-state index < -0.39 is 0 Å². The lowest BCUT2D eigenvalue weighted by Crippen LogP contribution is -2.02. The molecule has 0 bridgehead atoms. The first-order valence-electron chi connectivity index (χ1n) is 6.88. The molecule has 0 heterocycles. The van der Waals surface area contributed by atoms with E-state index >= 15 is 0 Å². The van der Waals surface area contributed by atoms with Gasteiger partial charge in [0.05, 0.1) is 0 Å². The predicted octanol–water partition coefficient (Wildman–Crippen LogP) is 3.68. The molecule has 0 aliphatic carbocycles. The zero-order valence-electron chi connectivity index (χ0n) is 11.1. The van der Waals surface area contributed by atoms with Crippen molar-refractivity contribution in [2.24, 2.45) is 11.7 Å². The minimum Gasteiger partial charge on any atom is -0.330 e. The van der Waals surface area contributed by atoms with Crippen molar-refractivity contribution in [2.45, 2.75) is 71.6 Å². The summed E-state index contributed by atoms with van der Waals surface area (Å²) < 4.78 is 0. The Balaban J connectivity index is 3.11. The van der Waals surface area contributed by atoms with E-state index in [-0.39, 0.29) is 0 Å². The molecule has 2 heteroatoms. The maximum Gasteiger partial charge on any atom is 0.133 e. The highest BCUT2D eigenvalue weighted by Gasteiger charge is 2.04. The van der Waals surface area contributed by atoms with E-state index in [9.17, 15) is 4.79 Å². The van der Waals surface area contributed by atoms with E-state index in [1.807, 2.05) is 0 Å². The third-order valence-electron chi connectivity index (χ3n) is 2.80. The van der Waals surface area contributed by atoms with Gasteiger partial charge in [-0.05, 0) is 25.3 Å². The van der Waals surface area contributed by atoms with Crippen LogP contribution in [0.4, 0.5) is 0 Å². The highest BCUT2D eigenvalue weighted by Crippen LogP contribution is 2.10. The molecule has 0 fully saturated rings. The van der Waals surface area contributed by atoms with Gasteiger partial charge in [0.2, 0.25) is 0 Å². The largest absolute Gasteiger partial charge is 0.330 e. The molecule has 0 aliphatic rings. The molecule has 0 atom stereocenters. The Labute approximate surface area is 101 Å². The molecule has 0 rings (SSSR count). The van der Waals surface area contributed by atoms with Crippen LogP contribution in [0.2, 0.25) is 0 Å². The van der Waals surface area contributed by atoms with Gasteiger partial charge in [0.1, 0.15) is 5.78 Å². The van der Waals surface area contributed by atoms with Crippen LogP contribution >= 0.6 is 0 Å². The molecule has 2 nitrogen and oxygen atoms in total. The van der Waals surface area contributed by atoms with Gasteiger partial charge in [-0.15, -0.1) is 0 Å². The molecular formula is C14H29NO. The molecule has 0 spiro atoms. The van der Waals surface area contributed by atoms with Crippen molar-refractivity contribution in [1.29, 1.82) is 0 Å². The summed E-state index contributed by atoms with van der Waals surface area (Å²) in [5.74, 6) is 0.960. The molecule has 0 amide bonds. The van der Waals surface area contributed by atoms with Gasteiger partial charge in [-0.1, -0.05) is 46.0 Å². The molecule has 0 aromatic rings. The molecule has 0 aromatic carbocycles. The van der Waals surface area contributed by atoms with Gasteiger partial charge >= 0.3 is 0 Å². The minimum absolute atomic E-state index is 0.443. The van der Waals surface area contributed by atoms with Crippen molar-refractivity contribution in [3.05, 3.63) is 0 Å². The molecule has 0 aliphatic heterocycles. The Morgan fingerprint density at radius 1 is 0.938 bits per heavy atom. The lowest BCUT2D eigenvalue weighted by Gasteiger charge is -2.04. The van der Waals surface area contributed by atoms with E-state index in [2.05, 4.69) is 13.8 Å². The summed E-state index contributed by atoms with van der Waals surface area (Å²) in [4.78, 5) is 11.4. The average molecular weight is 227 g/mol. The quantitative estimate of drug-likeness (QED) is 0.547. The fraction of sp³-hybridized carbons (Fsp3) is 0.929. The first kappa shape index (κ1) is 15.6. The highest BCUT2D eigenvalue weighted by atomic mass is 16.1. The lowest BCUT2D eigenvalue weighted by atomic mass is 10.0. The number of carbonyl (C=O) groups excluding carboxylic acids is 1. The molecule has 0 unspecified atom stereocenters. The highest BCUT2D eigenvalue weighted by molar-refractivity contribution is 5.78. The summed E-state index contributed by atoms with van der Waals surface area (Å²) in [7, 11) is 0. The summed E-state index contributed by atoms with van der Waals surface area (Å²) in [5, 5.41) is 0. The normalized spacial score (nSPS) is 11.0. The summed E-state index contributed by atoms with van der Waals surface area (Å²) in [6, 6.07) is 0. The molecule has 0 radical (unpaired) electrons. The summed E-state index contributed by atoms with van der Waals surface area (Å²) in [6.45, 7) is 5.04. The Morgan fingerprint density at radius 3 is 1.94 bits per heavy atom. The molecular weight excluding hydrogens is 198 g/mol. The predicted molar refractivity (Wildman–Crippen MR) is 70.5 cm³/mol. The van der Waals surface area contributed by atoms with Crippen molar-refractivity contribution in [2.75, 3.05) is 6.54 Å². The van der Waals surface area contributed by atoms with Crippen molar-refractivity contribution in [3.8, 4) is 0 Å². The van der Waals surface area contributed by atoms with Crippen molar-refractivity contribution < 1.29 is 4.79 Å². The molecule has 0 saturated carbocycles. The van der Waals surface area contributed by atoms with Crippen molar-refractivity contribution in [3.63, 3.8) is 0 Å². The van der Waals surface area contributed by atoms with Gasteiger partial charge in [0.25, 0.3) is 0 Å². The number of ketones is 1. The molecule has 2 N–H and O–H groups in total. The smallest absolute Gasteiger partial charge is 0.133 e. The van der Waals surface area contributed by atoms with Crippen LogP contribution in [0, 0.1) is 5.92 Å². The summed E-state index contributed by atoms with van der Waals surface area (Å²) in [6.07, 6.45) is 10.2. The van der Waals surface area contributed by atoms with Gasteiger partial charge in [0, 0.05) is 12.8 Å². The van der Waals surface area contributed by atoms with E-state index in [1.54, 1.807) is 0 Å². The van der Waals surface area contributed by atoms with E-state index in [4.69, 9.17) is 5.73 Å². The topological polar surface area (TPSA) is 43.1 Å². The Hall–Kier alpha value is -0.370. The number of Topliss-reactive ketones (excluding diaryl/α,β-unsaturated/α-hetero) is 1. The van der Waals surface area contributed by atoms with E-state index in [1.165, 1.54) is 32.1 Å². The number of nitrogens with two attached hydrogens (primary N) is 1. The van der Waals surface area contributed by atoms with Gasteiger partial charge in [0.15, 0.2) is 0 Å². The zero-order chi connectivity index (χ0) is 12.2. The molecule has 96 valence electrons. The molecule has 0 aromatic heterocycles. The standard InChI is InChI=1S/C14H29NO/c1-13(2)12-14(16)10-8-6-4-3-5-7-9-11-15/h13H,3-12,15H2,1-2H3. The number of unbranched alkanes of at least 4 members (excludes halogenated alkanes) is 6.